The third kappa shape index (κ3) is 5.88. The van der Waals surface area contributed by atoms with E-state index in [0.29, 0.717) is 13.2 Å². The Morgan fingerprint density at radius 1 is 1.14 bits per heavy atom. The number of ether oxygens (including phenoxy) is 2. The van der Waals surface area contributed by atoms with Gasteiger partial charge < -0.3 is 19.9 Å². The van der Waals surface area contributed by atoms with E-state index in [0.717, 1.165) is 25.2 Å². The number of aliphatic hydroxyl groups is 1. The second kappa shape index (κ2) is 10.5. The lowest BCUT2D eigenvalue weighted by Crippen LogP contribution is -2.38. The normalized spacial score (nSPS) is 16.1. The molecule has 7 heteroatoms. The highest BCUT2D eigenvalue weighted by molar-refractivity contribution is 5.61. The van der Waals surface area contributed by atoms with Crippen molar-refractivity contribution in [1.82, 2.24) is 4.90 Å². The quantitative estimate of drug-likeness (QED) is 0.553. The summed E-state index contributed by atoms with van der Waals surface area (Å²) in [4.78, 5) is 25.5. The summed E-state index contributed by atoms with van der Waals surface area (Å²) < 4.78 is 10.8. The molecule has 0 amide bonds. The molecule has 3 rings (SSSR count). The molecule has 0 aliphatic carbocycles. The van der Waals surface area contributed by atoms with E-state index in [1.807, 2.05) is 12.1 Å². The Morgan fingerprint density at radius 3 is 2.66 bits per heavy atom. The number of rotatable bonds is 11. The van der Waals surface area contributed by atoms with Crippen molar-refractivity contribution < 1.29 is 14.6 Å². The van der Waals surface area contributed by atoms with Gasteiger partial charge >= 0.3 is 0 Å². The first-order valence-corrected chi connectivity index (χ1v) is 10.3. The molecule has 158 valence electrons. The number of nitrogens with zero attached hydrogens (tertiary/aromatic N) is 1. The van der Waals surface area contributed by atoms with Crippen LogP contribution in [0.25, 0.3) is 0 Å². The van der Waals surface area contributed by atoms with Crippen LogP contribution >= 0.6 is 0 Å². The molecule has 0 spiro atoms. The van der Waals surface area contributed by atoms with Gasteiger partial charge in [-0.15, -0.1) is 0 Å². The van der Waals surface area contributed by atoms with E-state index in [1.165, 1.54) is 24.8 Å². The number of hydrogen-bond acceptors (Lipinski definition) is 7. The maximum atomic E-state index is 11.6. The standard InChI is InChI=1S/C22H30N2O5/c1-2-29-22-19(20(26)21(22)27)23-12-18(25)15-28-14-17-8-6-7-16(11-17)13-24-9-4-3-5-10-24/h6-8,11,18,23,25H,2-5,9-10,12-15H2,1H3. The molecule has 7 nitrogen and oxygen atoms in total. The van der Waals surface area contributed by atoms with E-state index >= 15 is 0 Å². The van der Waals surface area contributed by atoms with Crippen molar-refractivity contribution in [3.63, 3.8) is 0 Å². The van der Waals surface area contributed by atoms with Gasteiger partial charge in [0.25, 0.3) is 10.9 Å². The average molecular weight is 402 g/mol. The molecule has 1 atom stereocenters. The summed E-state index contributed by atoms with van der Waals surface area (Å²) in [7, 11) is 0. The number of benzene rings is 1. The summed E-state index contributed by atoms with van der Waals surface area (Å²) >= 11 is 0. The van der Waals surface area contributed by atoms with Crippen LogP contribution in [0.1, 0.15) is 37.3 Å². The SMILES string of the molecule is CCOc1c(NCC(O)COCc2cccc(CN3CCCCC3)c2)c(=O)c1=O. The molecule has 2 N–H and O–H groups in total. The molecule has 1 heterocycles. The first kappa shape index (κ1) is 21.5. The zero-order chi connectivity index (χ0) is 20.6. The highest BCUT2D eigenvalue weighted by Gasteiger charge is 2.22. The topological polar surface area (TPSA) is 88.1 Å². The Balaban J connectivity index is 1.40. The number of piperidine rings is 1. The molecule has 1 unspecified atom stereocenters. The van der Waals surface area contributed by atoms with Gasteiger partial charge in [-0.1, -0.05) is 30.7 Å². The van der Waals surface area contributed by atoms with Gasteiger partial charge in [-0.25, -0.2) is 0 Å². The smallest absolute Gasteiger partial charge is 0.272 e. The summed E-state index contributed by atoms with van der Waals surface area (Å²) in [6, 6.07) is 8.34. The molecular formula is C22H30N2O5. The predicted octanol–water partition coefficient (Wildman–Crippen LogP) is 1.66. The summed E-state index contributed by atoms with van der Waals surface area (Å²) in [5.41, 5.74) is 1.26. The zero-order valence-corrected chi connectivity index (χ0v) is 17.0. The molecule has 0 saturated carbocycles. The lowest BCUT2D eigenvalue weighted by Gasteiger charge is -2.26. The Hall–Kier alpha value is -2.22. The second-order valence-corrected chi connectivity index (χ2v) is 7.50. The lowest BCUT2D eigenvalue weighted by atomic mass is 10.1. The Morgan fingerprint density at radius 2 is 1.90 bits per heavy atom. The van der Waals surface area contributed by atoms with Crippen molar-refractivity contribution >= 4 is 5.69 Å². The van der Waals surface area contributed by atoms with Crippen LogP contribution in [0.3, 0.4) is 0 Å². The largest absolute Gasteiger partial charge is 0.488 e. The lowest BCUT2D eigenvalue weighted by molar-refractivity contribution is 0.0347. The van der Waals surface area contributed by atoms with Gasteiger partial charge in [0.1, 0.15) is 5.69 Å². The molecular weight excluding hydrogens is 372 g/mol. The molecule has 1 saturated heterocycles. The van der Waals surface area contributed by atoms with Gasteiger partial charge in [0.05, 0.1) is 25.9 Å². The summed E-state index contributed by atoms with van der Waals surface area (Å²) in [6.07, 6.45) is 3.08. The van der Waals surface area contributed by atoms with Crippen LogP contribution in [-0.2, 0) is 17.9 Å². The molecule has 0 radical (unpaired) electrons. The van der Waals surface area contributed by atoms with Gasteiger partial charge in [0, 0.05) is 13.1 Å². The third-order valence-electron chi connectivity index (χ3n) is 5.09. The van der Waals surface area contributed by atoms with E-state index in [1.54, 1.807) is 6.92 Å². The molecule has 2 aromatic carbocycles. The van der Waals surface area contributed by atoms with Crippen molar-refractivity contribution in [2.45, 2.75) is 45.4 Å². The van der Waals surface area contributed by atoms with Crippen LogP contribution in [0.4, 0.5) is 5.69 Å². The minimum Gasteiger partial charge on any atom is -0.488 e. The highest BCUT2D eigenvalue weighted by atomic mass is 16.5. The van der Waals surface area contributed by atoms with Crippen molar-refractivity contribution in [3.05, 3.63) is 55.8 Å². The molecule has 2 aromatic rings. The zero-order valence-electron chi connectivity index (χ0n) is 17.0. The third-order valence-corrected chi connectivity index (χ3v) is 5.09. The summed E-state index contributed by atoms with van der Waals surface area (Å²) in [5.74, 6) is 0.0520. The summed E-state index contributed by atoms with van der Waals surface area (Å²) in [5, 5.41) is 12.9. The molecule has 1 aliphatic rings. The Bertz CT molecular complexity index is 853. The fourth-order valence-corrected chi connectivity index (χ4v) is 3.60. The average Bonchev–Trinajstić information content (AvgIpc) is 2.74. The number of hydrogen-bond donors (Lipinski definition) is 2. The fraction of sp³-hybridized carbons (Fsp3) is 0.545. The van der Waals surface area contributed by atoms with Crippen molar-refractivity contribution in [1.29, 1.82) is 0 Å². The van der Waals surface area contributed by atoms with Crippen molar-refractivity contribution in [2.75, 3.05) is 38.2 Å². The maximum Gasteiger partial charge on any atom is 0.272 e. The van der Waals surface area contributed by atoms with Gasteiger partial charge in [-0.2, -0.15) is 0 Å². The number of aliphatic hydroxyl groups excluding tert-OH is 1. The van der Waals surface area contributed by atoms with Crippen LogP contribution in [0.2, 0.25) is 0 Å². The van der Waals surface area contributed by atoms with E-state index in [-0.39, 0.29) is 24.6 Å². The first-order valence-electron chi connectivity index (χ1n) is 10.3. The molecule has 0 bridgehead atoms. The van der Waals surface area contributed by atoms with Crippen LogP contribution in [0.15, 0.2) is 33.9 Å². The monoisotopic (exact) mass is 402 g/mol. The molecule has 29 heavy (non-hydrogen) atoms. The number of likely N-dealkylation sites (tertiary alicyclic amines) is 1. The van der Waals surface area contributed by atoms with Crippen LogP contribution in [0.5, 0.6) is 5.75 Å². The molecule has 1 aliphatic heterocycles. The van der Waals surface area contributed by atoms with Crippen LogP contribution in [-0.4, -0.2) is 49.0 Å². The highest BCUT2D eigenvalue weighted by Crippen LogP contribution is 2.17. The van der Waals surface area contributed by atoms with Crippen LogP contribution in [0, 0.1) is 0 Å². The number of nitrogens with one attached hydrogen (secondary N) is 1. The van der Waals surface area contributed by atoms with E-state index in [2.05, 4.69) is 22.3 Å². The Labute approximate surface area is 170 Å². The predicted molar refractivity (Wildman–Crippen MR) is 112 cm³/mol. The van der Waals surface area contributed by atoms with Gasteiger partial charge in [0.15, 0.2) is 5.75 Å². The second-order valence-electron chi connectivity index (χ2n) is 7.50. The van der Waals surface area contributed by atoms with E-state index in [9.17, 15) is 14.7 Å². The van der Waals surface area contributed by atoms with Crippen molar-refractivity contribution in [3.8, 4) is 5.75 Å². The van der Waals surface area contributed by atoms with Gasteiger partial charge in [-0.3, -0.25) is 14.5 Å². The minimum absolute atomic E-state index is 0.0520. The van der Waals surface area contributed by atoms with E-state index < -0.39 is 17.0 Å². The van der Waals surface area contributed by atoms with Gasteiger partial charge in [-0.05, 0) is 44.0 Å². The van der Waals surface area contributed by atoms with Crippen LogP contribution < -0.4 is 20.9 Å². The molecule has 1 fully saturated rings. The molecule has 0 aromatic heterocycles. The first-order chi connectivity index (χ1) is 14.1. The number of anilines is 1. The summed E-state index contributed by atoms with van der Waals surface area (Å²) in [6.45, 7) is 5.99. The van der Waals surface area contributed by atoms with Gasteiger partial charge in [0.2, 0.25) is 0 Å². The van der Waals surface area contributed by atoms with Crippen molar-refractivity contribution in [2.24, 2.45) is 0 Å². The Kier molecular flexibility index (Phi) is 7.80. The minimum atomic E-state index is -0.801. The maximum absolute atomic E-state index is 11.6. The fourth-order valence-electron chi connectivity index (χ4n) is 3.60. The van der Waals surface area contributed by atoms with E-state index in [4.69, 9.17) is 9.47 Å².